The molecule has 2 aromatic carbocycles. The third kappa shape index (κ3) is 4.29. The number of likely N-dealkylation sites (N-methyl/N-ethyl adjacent to an activating group) is 1. The molecule has 1 spiro atoms. The number of carbonyl (C=O) groups excluding carboxylic acids is 1. The van der Waals surface area contributed by atoms with E-state index in [9.17, 15) is 4.79 Å². The lowest BCUT2D eigenvalue weighted by molar-refractivity contribution is 0.0885. The molecule has 6 nitrogen and oxygen atoms in total. The van der Waals surface area contributed by atoms with E-state index >= 15 is 0 Å². The Labute approximate surface area is 221 Å². The molecule has 6 heteroatoms. The molecule has 0 N–H and O–H groups in total. The van der Waals surface area contributed by atoms with Gasteiger partial charge >= 0.3 is 6.03 Å². The molecule has 0 aromatic heterocycles. The summed E-state index contributed by atoms with van der Waals surface area (Å²) in [4.78, 5) is 20.6. The average Bonchev–Trinajstić information content (AvgIpc) is 2.96. The van der Waals surface area contributed by atoms with Crippen LogP contribution in [0.15, 0.2) is 42.1 Å². The van der Waals surface area contributed by atoms with E-state index in [-0.39, 0.29) is 17.0 Å². The minimum absolute atomic E-state index is 0.113. The van der Waals surface area contributed by atoms with Gasteiger partial charge in [-0.15, -0.1) is 0 Å². The van der Waals surface area contributed by atoms with Crippen LogP contribution in [0.3, 0.4) is 0 Å². The summed E-state index contributed by atoms with van der Waals surface area (Å²) in [7, 11) is 3.38. The van der Waals surface area contributed by atoms with Crippen LogP contribution in [0.1, 0.15) is 61.4 Å². The van der Waals surface area contributed by atoms with Crippen LogP contribution in [0.5, 0.6) is 11.5 Å². The van der Waals surface area contributed by atoms with Gasteiger partial charge in [0.2, 0.25) is 0 Å². The number of nitrogens with zero attached hydrogens (tertiary/aromatic N) is 3. The first kappa shape index (κ1) is 25.7. The summed E-state index contributed by atoms with van der Waals surface area (Å²) in [5.74, 6) is 1.57. The average molecular weight is 504 g/mol. The zero-order valence-corrected chi connectivity index (χ0v) is 23.5. The van der Waals surface area contributed by atoms with E-state index in [1.807, 2.05) is 11.0 Å². The van der Waals surface area contributed by atoms with Crippen LogP contribution < -0.4 is 9.47 Å². The van der Waals surface area contributed by atoms with Crippen LogP contribution in [-0.4, -0.2) is 60.1 Å². The number of aryl methyl sites for hydroxylation is 2. The highest BCUT2D eigenvalue weighted by molar-refractivity contribution is 5.83. The Balaban J connectivity index is 1.49. The van der Waals surface area contributed by atoms with Crippen LogP contribution in [0.25, 0.3) is 0 Å². The number of benzene rings is 2. The Bertz CT molecular complexity index is 1220. The van der Waals surface area contributed by atoms with Crippen molar-refractivity contribution in [3.05, 3.63) is 69.9 Å². The molecule has 0 bridgehead atoms. The van der Waals surface area contributed by atoms with Crippen molar-refractivity contribution in [1.82, 2.24) is 14.7 Å². The molecule has 2 saturated heterocycles. The van der Waals surface area contributed by atoms with E-state index in [2.05, 4.69) is 74.8 Å². The monoisotopic (exact) mass is 503 g/mol. The van der Waals surface area contributed by atoms with Gasteiger partial charge < -0.3 is 14.4 Å². The standard InChI is InChI=1S/C31H41N3O3/c1-8-34-29(35)33-20-24-16-25(36-6)17-26(37-7)28(24)30(4,5)18-27(33)31(34)9-11-32(12-10-31)19-23-14-21(2)13-22(3)15-23/h13-18H,8-12,19-20H2,1-7H3. The van der Waals surface area contributed by atoms with Crippen molar-refractivity contribution in [3.8, 4) is 11.5 Å². The van der Waals surface area contributed by atoms with Gasteiger partial charge in [0, 0.05) is 48.9 Å². The van der Waals surface area contributed by atoms with E-state index < -0.39 is 0 Å². The molecule has 2 amide bonds. The summed E-state index contributed by atoms with van der Waals surface area (Å²) < 4.78 is 11.4. The number of methoxy groups -OCH3 is 2. The maximum Gasteiger partial charge on any atom is 0.325 e. The zero-order chi connectivity index (χ0) is 26.5. The molecule has 0 radical (unpaired) electrons. The summed E-state index contributed by atoms with van der Waals surface area (Å²) in [6, 6.07) is 11.0. The number of fused-ring (bicyclic) bond motifs is 3. The number of amides is 2. The molecule has 3 aliphatic rings. The Hall–Kier alpha value is -2.99. The third-order valence-corrected chi connectivity index (χ3v) is 8.52. The van der Waals surface area contributed by atoms with Crippen molar-refractivity contribution in [1.29, 1.82) is 0 Å². The summed E-state index contributed by atoms with van der Waals surface area (Å²) in [5.41, 5.74) is 6.80. The van der Waals surface area contributed by atoms with Crippen molar-refractivity contribution in [3.63, 3.8) is 0 Å². The van der Waals surface area contributed by atoms with E-state index in [0.717, 1.165) is 60.8 Å². The lowest BCUT2D eigenvalue weighted by Gasteiger charge is -2.44. The SMILES string of the molecule is CCN1C(=O)N2Cc3cc(OC)cc(OC)c3C(C)(C)C=C2C12CCN(Cc1cc(C)cc(C)c1)CC2. The number of hydrogen-bond donors (Lipinski definition) is 0. The van der Waals surface area contributed by atoms with Crippen molar-refractivity contribution in [2.75, 3.05) is 33.9 Å². The highest BCUT2D eigenvalue weighted by Crippen LogP contribution is 2.50. The van der Waals surface area contributed by atoms with Gasteiger partial charge in [0.1, 0.15) is 11.5 Å². The predicted octanol–water partition coefficient (Wildman–Crippen LogP) is 5.79. The van der Waals surface area contributed by atoms with Crippen molar-refractivity contribution in [2.24, 2.45) is 0 Å². The van der Waals surface area contributed by atoms with Gasteiger partial charge in [-0.3, -0.25) is 9.80 Å². The van der Waals surface area contributed by atoms with Gasteiger partial charge in [0.25, 0.3) is 0 Å². The number of likely N-dealkylation sites (tertiary alicyclic amines) is 1. The molecule has 198 valence electrons. The summed E-state index contributed by atoms with van der Waals surface area (Å²) in [6.07, 6.45) is 4.22. The number of piperidine rings is 1. The van der Waals surface area contributed by atoms with E-state index in [4.69, 9.17) is 9.47 Å². The second-order valence-corrected chi connectivity index (χ2v) is 11.5. The fourth-order valence-corrected chi connectivity index (χ4v) is 7.01. The van der Waals surface area contributed by atoms with E-state index in [1.54, 1.807) is 14.2 Å². The third-order valence-electron chi connectivity index (χ3n) is 8.52. The number of urea groups is 1. The minimum Gasteiger partial charge on any atom is -0.497 e. The topological polar surface area (TPSA) is 45.3 Å². The Morgan fingerprint density at radius 2 is 1.62 bits per heavy atom. The molecule has 3 aliphatic heterocycles. The van der Waals surface area contributed by atoms with Crippen LogP contribution in [0, 0.1) is 13.8 Å². The maximum absolute atomic E-state index is 13.9. The molecule has 0 saturated carbocycles. The molecule has 37 heavy (non-hydrogen) atoms. The molecule has 2 aromatic rings. The molecule has 5 rings (SSSR count). The van der Waals surface area contributed by atoms with E-state index in [0.29, 0.717) is 13.1 Å². The van der Waals surface area contributed by atoms with Gasteiger partial charge in [-0.25, -0.2) is 4.79 Å². The fourth-order valence-electron chi connectivity index (χ4n) is 7.01. The molecular weight excluding hydrogens is 462 g/mol. The van der Waals surface area contributed by atoms with Crippen molar-refractivity contribution >= 4 is 6.03 Å². The summed E-state index contributed by atoms with van der Waals surface area (Å²) in [6.45, 7) is 15.0. The van der Waals surface area contributed by atoms with Gasteiger partial charge in [-0.2, -0.15) is 0 Å². The second kappa shape index (κ2) is 9.39. The number of allylic oxidation sites excluding steroid dienone is 1. The largest absolute Gasteiger partial charge is 0.497 e. The second-order valence-electron chi connectivity index (χ2n) is 11.5. The molecule has 3 heterocycles. The molecule has 0 aliphatic carbocycles. The quantitative estimate of drug-likeness (QED) is 0.518. The van der Waals surface area contributed by atoms with Crippen LogP contribution in [0.2, 0.25) is 0 Å². The first-order chi connectivity index (χ1) is 17.6. The lowest BCUT2D eigenvalue weighted by atomic mass is 9.77. The van der Waals surface area contributed by atoms with Crippen molar-refractivity contribution < 1.29 is 14.3 Å². The van der Waals surface area contributed by atoms with E-state index in [1.165, 1.54) is 16.7 Å². The smallest absolute Gasteiger partial charge is 0.325 e. The number of ether oxygens (including phenoxy) is 2. The summed E-state index contributed by atoms with van der Waals surface area (Å²) >= 11 is 0. The highest BCUT2D eigenvalue weighted by atomic mass is 16.5. The van der Waals surface area contributed by atoms with Gasteiger partial charge in [-0.1, -0.05) is 49.2 Å². The number of carbonyl (C=O) groups is 1. The lowest BCUT2D eigenvalue weighted by Crippen LogP contribution is -2.53. The predicted molar refractivity (Wildman–Crippen MR) is 147 cm³/mol. The highest BCUT2D eigenvalue weighted by Gasteiger charge is 2.55. The fraction of sp³-hybridized carbons (Fsp3) is 0.516. The first-order valence-electron chi connectivity index (χ1n) is 13.5. The molecule has 2 fully saturated rings. The van der Waals surface area contributed by atoms with Gasteiger partial charge in [0.05, 0.1) is 26.3 Å². The van der Waals surface area contributed by atoms with Crippen molar-refractivity contribution in [2.45, 2.75) is 71.5 Å². The van der Waals surface area contributed by atoms with Crippen LogP contribution in [-0.2, 0) is 18.5 Å². The van der Waals surface area contributed by atoms with Crippen LogP contribution in [0.4, 0.5) is 4.79 Å². The zero-order valence-electron chi connectivity index (χ0n) is 23.5. The summed E-state index contributed by atoms with van der Waals surface area (Å²) in [5, 5.41) is 0. The van der Waals surface area contributed by atoms with Crippen LogP contribution >= 0.6 is 0 Å². The minimum atomic E-state index is -0.301. The number of rotatable bonds is 5. The number of hydrogen-bond acceptors (Lipinski definition) is 4. The molecule has 0 unspecified atom stereocenters. The van der Waals surface area contributed by atoms with Gasteiger partial charge in [-0.05, 0) is 50.8 Å². The Morgan fingerprint density at radius 1 is 0.946 bits per heavy atom. The normalized spacial score (nSPS) is 20.4. The first-order valence-corrected chi connectivity index (χ1v) is 13.5. The van der Waals surface area contributed by atoms with Gasteiger partial charge in [0.15, 0.2) is 0 Å². The Kier molecular flexibility index (Phi) is 6.51. The molecular formula is C31H41N3O3. The Morgan fingerprint density at radius 3 is 2.22 bits per heavy atom. The molecule has 0 atom stereocenters. The maximum atomic E-state index is 13.9.